The molecule has 0 bridgehead atoms. The van der Waals surface area contributed by atoms with Crippen LogP contribution in [0.25, 0.3) is 11.5 Å². The number of hydrogen-bond acceptors (Lipinski definition) is 5. The van der Waals surface area contributed by atoms with Crippen molar-refractivity contribution in [3.63, 3.8) is 0 Å². The van der Waals surface area contributed by atoms with E-state index in [-0.39, 0.29) is 24.0 Å². The SMILES string of the molecule is CCNC(=NCc1coc(-c2ccccc2)n1)NCC(C)(O)c1cccs1.I. The largest absolute Gasteiger partial charge is 0.444 e. The van der Waals surface area contributed by atoms with Crippen molar-refractivity contribution in [2.24, 2.45) is 4.99 Å². The van der Waals surface area contributed by atoms with Gasteiger partial charge in [0.1, 0.15) is 17.6 Å². The molecule has 150 valence electrons. The van der Waals surface area contributed by atoms with Crippen LogP contribution in [0.1, 0.15) is 24.4 Å². The van der Waals surface area contributed by atoms with Gasteiger partial charge in [0.05, 0.1) is 13.1 Å². The smallest absolute Gasteiger partial charge is 0.226 e. The van der Waals surface area contributed by atoms with E-state index in [0.29, 0.717) is 24.9 Å². The third kappa shape index (κ3) is 6.05. The molecule has 3 rings (SSSR count). The van der Waals surface area contributed by atoms with Crippen LogP contribution in [-0.4, -0.2) is 29.1 Å². The van der Waals surface area contributed by atoms with Gasteiger partial charge in [-0.1, -0.05) is 24.3 Å². The number of nitrogens with zero attached hydrogens (tertiary/aromatic N) is 2. The van der Waals surface area contributed by atoms with Crippen LogP contribution in [0.15, 0.2) is 63.5 Å². The third-order valence-corrected chi connectivity index (χ3v) is 5.09. The topological polar surface area (TPSA) is 82.7 Å². The molecule has 0 aliphatic carbocycles. The normalized spacial score (nSPS) is 13.5. The van der Waals surface area contributed by atoms with Crippen LogP contribution >= 0.6 is 35.3 Å². The molecule has 0 aliphatic rings. The van der Waals surface area contributed by atoms with E-state index in [0.717, 1.165) is 22.7 Å². The molecule has 0 aliphatic heterocycles. The van der Waals surface area contributed by atoms with Gasteiger partial charge >= 0.3 is 0 Å². The van der Waals surface area contributed by atoms with E-state index >= 15 is 0 Å². The Morgan fingerprint density at radius 3 is 2.68 bits per heavy atom. The summed E-state index contributed by atoms with van der Waals surface area (Å²) < 4.78 is 5.55. The van der Waals surface area contributed by atoms with E-state index in [1.165, 1.54) is 11.3 Å². The molecular formula is C20H25IN4O2S. The Labute approximate surface area is 186 Å². The van der Waals surface area contributed by atoms with Gasteiger partial charge in [0, 0.05) is 17.0 Å². The lowest BCUT2D eigenvalue weighted by Crippen LogP contribution is -2.44. The summed E-state index contributed by atoms with van der Waals surface area (Å²) in [4.78, 5) is 9.94. The van der Waals surface area contributed by atoms with E-state index in [4.69, 9.17) is 4.42 Å². The van der Waals surface area contributed by atoms with E-state index < -0.39 is 5.60 Å². The molecule has 0 spiro atoms. The average Bonchev–Trinajstić information content (AvgIpc) is 3.37. The molecule has 8 heteroatoms. The quantitative estimate of drug-likeness (QED) is 0.254. The minimum atomic E-state index is -0.960. The molecule has 0 saturated heterocycles. The summed E-state index contributed by atoms with van der Waals surface area (Å²) in [6.45, 7) is 5.25. The molecule has 0 fully saturated rings. The highest BCUT2D eigenvalue weighted by atomic mass is 127. The number of aliphatic hydroxyl groups is 1. The number of rotatable bonds is 7. The van der Waals surface area contributed by atoms with Crippen molar-refractivity contribution in [1.29, 1.82) is 0 Å². The van der Waals surface area contributed by atoms with Crippen LogP contribution < -0.4 is 10.6 Å². The molecule has 6 nitrogen and oxygen atoms in total. The van der Waals surface area contributed by atoms with Crippen LogP contribution in [0.4, 0.5) is 0 Å². The van der Waals surface area contributed by atoms with Gasteiger partial charge in [-0.05, 0) is 37.4 Å². The molecule has 0 saturated carbocycles. The van der Waals surface area contributed by atoms with Gasteiger partial charge in [-0.25, -0.2) is 9.98 Å². The number of nitrogens with one attached hydrogen (secondary N) is 2. The summed E-state index contributed by atoms with van der Waals surface area (Å²) in [5, 5.41) is 19.0. The fraction of sp³-hybridized carbons (Fsp3) is 0.300. The molecule has 0 radical (unpaired) electrons. The van der Waals surface area contributed by atoms with Gasteiger partial charge in [0.2, 0.25) is 5.89 Å². The van der Waals surface area contributed by atoms with Crippen LogP contribution in [0.2, 0.25) is 0 Å². The van der Waals surface area contributed by atoms with Crippen molar-refractivity contribution in [3.05, 3.63) is 64.7 Å². The Morgan fingerprint density at radius 1 is 1.21 bits per heavy atom. The Balaban J connectivity index is 0.00000280. The Hall–Kier alpha value is -1.91. The summed E-state index contributed by atoms with van der Waals surface area (Å²) in [5.41, 5.74) is 0.722. The van der Waals surface area contributed by atoms with Gasteiger partial charge in [-0.15, -0.1) is 35.3 Å². The van der Waals surface area contributed by atoms with Gasteiger partial charge in [-0.2, -0.15) is 0 Å². The molecule has 3 N–H and O–H groups in total. The number of hydrogen-bond donors (Lipinski definition) is 3. The van der Waals surface area contributed by atoms with Crippen LogP contribution in [0.3, 0.4) is 0 Å². The highest BCUT2D eigenvalue weighted by Crippen LogP contribution is 2.24. The monoisotopic (exact) mass is 512 g/mol. The van der Waals surface area contributed by atoms with Gasteiger partial charge in [0.25, 0.3) is 0 Å². The van der Waals surface area contributed by atoms with Crippen molar-refractivity contribution in [3.8, 4) is 11.5 Å². The predicted molar refractivity (Wildman–Crippen MR) is 124 cm³/mol. The van der Waals surface area contributed by atoms with Crippen molar-refractivity contribution in [2.75, 3.05) is 13.1 Å². The molecule has 1 atom stereocenters. The molecule has 28 heavy (non-hydrogen) atoms. The zero-order chi connectivity index (χ0) is 19.1. The number of oxazole rings is 1. The van der Waals surface area contributed by atoms with Gasteiger partial charge < -0.3 is 20.2 Å². The predicted octanol–water partition coefficient (Wildman–Crippen LogP) is 3.98. The first-order valence-electron chi connectivity index (χ1n) is 8.87. The van der Waals surface area contributed by atoms with Crippen molar-refractivity contribution in [2.45, 2.75) is 26.0 Å². The average molecular weight is 512 g/mol. The second kappa shape index (κ2) is 10.6. The summed E-state index contributed by atoms with van der Waals surface area (Å²) in [6, 6.07) is 13.6. The lowest BCUT2D eigenvalue weighted by atomic mass is 10.1. The van der Waals surface area contributed by atoms with Crippen molar-refractivity contribution in [1.82, 2.24) is 15.6 Å². The second-order valence-corrected chi connectivity index (χ2v) is 7.26. The third-order valence-electron chi connectivity index (χ3n) is 3.97. The van der Waals surface area contributed by atoms with E-state index in [1.807, 2.05) is 54.8 Å². The highest BCUT2D eigenvalue weighted by molar-refractivity contribution is 14.0. The second-order valence-electron chi connectivity index (χ2n) is 6.31. The van der Waals surface area contributed by atoms with Crippen molar-refractivity contribution >= 4 is 41.3 Å². The van der Waals surface area contributed by atoms with Gasteiger partial charge in [-0.3, -0.25) is 0 Å². The fourth-order valence-electron chi connectivity index (χ4n) is 2.52. The standard InChI is InChI=1S/C20H24N4O2S.HI/c1-3-21-19(23-14-20(2,25)17-10-7-11-27-17)22-12-16-13-26-18(24-16)15-8-5-4-6-9-15;/h4-11,13,25H,3,12,14H2,1-2H3,(H2,21,22,23);1H. The lowest BCUT2D eigenvalue weighted by Gasteiger charge is -2.23. The van der Waals surface area contributed by atoms with Gasteiger partial charge in [0.15, 0.2) is 5.96 Å². The Bertz CT molecular complexity index is 863. The number of guanidine groups is 1. The molecular weight excluding hydrogens is 487 g/mol. The van der Waals surface area contributed by atoms with Crippen LogP contribution in [0.5, 0.6) is 0 Å². The maximum absolute atomic E-state index is 10.6. The lowest BCUT2D eigenvalue weighted by molar-refractivity contribution is 0.0655. The Morgan fingerprint density at radius 2 is 2.00 bits per heavy atom. The number of thiophene rings is 1. The maximum atomic E-state index is 10.6. The number of aliphatic imine (C=N–C) groups is 1. The first kappa shape index (κ1) is 22.4. The highest BCUT2D eigenvalue weighted by Gasteiger charge is 2.24. The minimum Gasteiger partial charge on any atom is -0.444 e. The summed E-state index contributed by atoms with van der Waals surface area (Å²) >= 11 is 1.53. The molecule has 0 amide bonds. The molecule has 1 unspecified atom stereocenters. The molecule has 3 aromatic rings. The molecule has 1 aromatic carbocycles. The molecule has 2 heterocycles. The number of halogens is 1. The van der Waals surface area contributed by atoms with Crippen LogP contribution in [-0.2, 0) is 12.1 Å². The maximum Gasteiger partial charge on any atom is 0.226 e. The summed E-state index contributed by atoms with van der Waals surface area (Å²) in [5.74, 6) is 1.21. The van der Waals surface area contributed by atoms with E-state index in [9.17, 15) is 5.11 Å². The Kier molecular flexibility index (Phi) is 8.46. The zero-order valence-electron chi connectivity index (χ0n) is 15.9. The summed E-state index contributed by atoms with van der Waals surface area (Å²) in [7, 11) is 0. The number of aromatic nitrogens is 1. The van der Waals surface area contributed by atoms with Crippen LogP contribution in [0, 0.1) is 0 Å². The first-order valence-corrected chi connectivity index (χ1v) is 9.75. The zero-order valence-corrected chi connectivity index (χ0v) is 19.0. The molecule has 2 aromatic heterocycles. The van der Waals surface area contributed by atoms with Crippen molar-refractivity contribution < 1.29 is 9.52 Å². The number of benzene rings is 1. The van der Waals surface area contributed by atoms with E-state index in [2.05, 4.69) is 20.6 Å². The first-order chi connectivity index (χ1) is 13.1. The fourth-order valence-corrected chi connectivity index (χ4v) is 3.31. The van der Waals surface area contributed by atoms with E-state index in [1.54, 1.807) is 13.2 Å². The summed E-state index contributed by atoms with van der Waals surface area (Å²) in [6.07, 6.45) is 1.62. The minimum absolute atomic E-state index is 0.